The molecule has 2 aromatic heterocycles. The maximum atomic E-state index is 12.9. The second-order valence-electron chi connectivity index (χ2n) is 7.36. The zero-order valence-corrected chi connectivity index (χ0v) is 17.2. The fraction of sp³-hybridized carbons (Fsp3) is 0.556. The van der Waals surface area contributed by atoms with Gasteiger partial charge in [0.15, 0.2) is 0 Å². The number of hydrogen-bond acceptors (Lipinski definition) is 5. The van der Waals surface area contributed by atoms with E-state index in [2.05, 4.69) is 4.98 Å². The number of amides is 1. The third-order valence-electron chi connectivity index (χ3n) is 5.38. The Morgan fingerprint density at radius 1 is 1.22 bits per heavy atom. The van der Waals surface area contributed by atoms with Gasteiger partial charge in [0.25, 0.3) is 16.1 Å². The first kappa shape index (κ1) is 18.8. The number of aromatic nitrogens is 1. The maximum absolute atomic E-state index is 12.9. The van der Waals surface area contributed by atoms with Crippen LogP contribution in [0.4, 0.5) is 0 Å². The van der Waals surface area contributed by atoms with Gasteiger partial charge in [0.1, 0.15) is 4.83 Å². The Kier molecular flexibility index (Phi) is 4.96. The molecule has 0 bridgehead atoms. The lowest BCUT2D eigenvalue weighted by atomic mass is 9.95. The molecule has 0 unspecified atom stereocenters. The maximum Gasteiger partial charge on any atom is 0.281 e. The molecule has 4 heterocycles. The van der Waals surface area contributed by atoms with Crippen molar-refractivity contribution in [2.24, 2.45) is 0 Å². The molecule has 2 aliphatic rings. The van der Waals surface area contributed by atoms with E-state index in [9.17, 15) is 13.2 Å². The minimum Gasteiger partial charge on any atom is -0.344 e. The van der Waals surface area contributed by atoms with Gasteiger partial charge in [-0.25, -0.2) is 4.98 Å². The lowest BCUT2D eigenvalue weighted by Crippen LogP contribution is -2.41. The number of rotatable bonds is 4. The van der Waals surface area contributed by atoms with Crippen LogP contribution in [0.5, 0.6) is 0 Å². The highest BCUT2D eigenvalue weighted by Gasteiger charge is 2.39. The van der Waals surface area contributed by atoms with Crippen molar-refractivity contribution in [3.8, 4) is 0 Å². The van der Waals surface area contributed by atoms with Crippen LogP contribution >= 0.6 is 11.3 Å². The van der Waals surface area contributed by atoms with Crippen LogP contribution in [0.25, 0.3) is 10.2 Å². The van der Waals surface area contributed by atoms with Crippen molar-refractivity contribution < 1.29 is 13.2 Å². The van der Waals surface area contributed by atoms with Gasteiger partial charge in [-0.2, -0.15) is 17.0 Å². The van der Waals surface area contributed by atoms with Crippen molar-refractivity contribution >= 4 is 37.7 Å². The van der Waals surface area contributed by atoms with E-state index in [1.54, 1.807) is 33.8 Å². The van der Waals surface area contributed by atoms with Crippen LogP contribution in [-0.4, -0.2) is 73.1 Å². The summed E-state index contributed by atoms with van der Waals surface area (Å²) in [5, 5.41) is 0.970. The van der Waals surface area contributed by atoms with Crippen LogP contribution in [0.3, 0.4) is 0 Å². The molecule has 146 valence electrons. The second kappa shape index (κ2) is 7.12. The molecule has 0 aliphatic carbocycles. The van der Waals surface area contributed by atoms with Gasteiger partial charge in [0, 0.05) is 57.8 Å². The van der Waals surface area contributed by atoms with Gasteiger partial charge in [0.05, 0.1) is 4.88 Å². The lowest BCUT2D eigenvalue weighted by molar-refractivity contribution is 0.0831. The van der Waals surface area contributed by atoms with E-state index >= 15 is 0 Å². The van der Waals surface area contributed by atoms with E-state index in [1.807, 2.05) is 12.1 Å². The minimum absolute atomic E-state index is 0.0132. The molecule has 0 aromatic carbocycles. The summed E-state index contributed by atoms with van der Waals surface area (Å²) < 4.78 is 29.0. The summed E-state index contributed by atoms with van der Waals surface area (Å²) in [6.45, 7) is 2.14. The number of thiophene rings is 1. The lowest BCUT2D eigenvalue weighted by Gasteiger charge is -2.23. The third kappa shape index (κ3) is 3.26. The molecule has 9 heteroatoms. The summed E-state index contributed by atoms with van der Waals surface area (Å²) in [5.41, 5.74) is 0.959. The molecule has 2 fully saturated rings. The van der Waals surface area contributed by atoms with E-state index < -0.39 is 10.2 Å². The van der Waals surface area contributed by atoms with Crippen molar-refractivity contribution in [2.75, 3.05) is 40.3 Å². The first-order valence-electron chi connectivity index (χ1n) is 9.24. The smallest absolute Gasteiger partial charge is 0.281 e. The highest BCUT2D eigenvalue weighted by Crippen LogP contribution is 2.40. The molecule has 27 heavy (non-hydrogen) atoms. The Morgan fingerprint density at radius 3 is 2.67 bits per heavy atom. The average Bonchev–Trinajstić information content (AvgIpc) is 3.38. The Balaban J connectivity index is 1.69. The largest absolute Gasteiger partial charge is 0.344 e. The second-order valence-corrected chi connectivity index (χ2v) is 10.3. The SMILES string of the molecule is CN(C)C(=O)c1sc2ncccc2c1[C@H]1CCN(S(=O)(=O)N2CCCC2)C1. The molecule has 2 saturated heterocycles. The molecule has 1 amide bonds. The van der Waals surface area contributed by atoms with Crippen molar-refractivity contribution in [2.45, 2.75) is 25.2 Å². The fourth-order valence-corrected chi connectivity index (χ4v) is 6.98. The Hall–Kier alpha value is -1.55. The molecule has 0 radical (unpaired) electrons. The fourth-order valence-electron chi connectivity index (χ4n) is 3.97. The van der Waals surface area contributed by atoms with Crippen LogP contribution in [0.2, 0.25) is 0 Å². The molecular weight excluding hydrogens is 384 g/mol. The van der Waals surface area contributed by atoms with Gasteiger partial charge in [0.2, 0.25) is 0 Å². The van der Waals surface area contributed by atoms with Crippen molar-refractivity contribution in [1.29, 1.82) is 0 Å². The molecule has 2 aromatic rings. The zero-order chi connectivity index (χ0) is 19.2. The van der Waals surface area contributed by atoms with Gasteiger partial charge in [-0.15, -0.1) is 11.3 Å². The predicted octanol–water partition coefficient (Wildman–Crippen LogP) is 2.13. The molecule has 0 spiro atoms. The van der Waals surface area contributed by atoms with Crippen molar-refractivity contribution in [3.63, 3.8) is 0 Å². The Labute approximate surface area is 163 Å². The van der Waals surface area contributed by atoms with Crippen LogP contribution in [0.1, 0.15) is 40.4 Å². The van der Waals surface area contributed by atoms with Gasteiger partial charge >= 0.3 is 0 Å². The molecule has 0 saturated carbocycles. The molecule has 1 atom stereocenters. The summed E-state index contributed by atoms with van der Waals surface area (Å²) in [6, 6.07) is 3.86. The Morgan fingerprint density at radius 2 is 1.96 bits per heavy atom. The molecule has 0 N–H and O–H groups in total. The number of fused-ring (bicyclic) bond motifs is 1. The topological polar surface area (TPSA) is 73.8 Å². The van der Waals surface area contributed by atoms with E-state index in [0.29, 0.717) is 31.1 Å². The van der Waals surface area contributed by atoms with Crippen LogP contribution < -0.4 is 0 Å². The van der Waals surface area contributed by atoms with Gasteiger partial charge in [-0.3, -0.25) is 4.79 Å². The van der Waals surface area contributed by atoms with E-state index in [4.69, 9.17) is 0 Å². The van der Waals surface area contributed by atoms with Crippen LogP contribution in [0, 0.1) is 0 Å². The monoisotopic (exact) mass is 408 g/mol. The van der Waals surface area contributed by atoms with Crippen LogP contribution in [-0.2, 0) is 10.2 Å². The van der Waals surface area contributed by atoms with Gasteiger partial charge in [-0.05, 0) is 30.9 Å². The molecule has 2 aliphatic heterocycles. The van der Waals surface area contributed by atoms with Gasteiger partial charge < -0.3 is 4.90 Å². The molecular formula is C18H24N4O3S2. The summed E-state index contributed by atoms with van der Waals surface area (Å²) >= 11 is 1.40. The number of pyridine rings is 1. The first-order chi connectivity index (χ1) is 12.9. The number of carbonyl (C=O) groups excluding carboxylic acids is 1. The quantitative estimate of drug-likeness (QED) is 0.777. The Bertz CT molecular complexity index is 964. The zero-order valence-electron chi connectivity index (χ0n) is 15.6. The highest BCUT2D eigenvalue weighted by atomic mass is 32.2. The number of hydrogen-bond donors (Lipinski definition) is 0. The predicted molar refractivity (Wildman–Crippen MR) is 106 cm³/mol. The summed E-state index contributed by atoms with van der Waals surface area (Å²) in [5.74, 6) is -0.0342. The minimum atomic E-state index is -3.41. The summed E-state index contributed by atoms with van der Waals surface area (Å²) in [4.78, 5) is 20.2. The van der Waals surface area contributed by atoms with E-state index in [0.717, 1.165) is 35.0 Å². The van der Waals surface area contributed by atoms with E-state index in [1.165, 1.54) is 11.3 Å². The summed E-state index contributed by atoms with van der Waals surface area (Å²) in [7, 11) is 0.0716. The van der Waals surface area contributed by atoms with Gasteiger partial charge in [-0.1, -0.05) is 6.07 Å². The normalized spacial score (nSPS) is 21.9. The first-order valence-corrected chi connectivity index (χ1v) is 11.4. The summed E-state index contributed by atoms with van der Waals surface area (Å²) in [6.07, 6.45) is 4.31. The number of nitrogens with zero attached hydrogens (tertiary/aromatic N) is 4. The third-order valence-corrected chi connectivity index (χ3v) is 8.50. The van der Waals surface area contributed by atoms with Crippen LogP contribution in [0.15, 0.2) is 18.3 Å². The standard InChI is InChI=1S/C18H24N4O3S2/c1-20(2)18(23)16-15(14-6-5-8-19-17(14)26-16)13-7-11-22(12-13)27(24,25)21-9-3-4-10-21/h5-6,8,13H,3-4,7,9-12H2,1-2H3/t13-/m0/s1. The average molecular weight is 409 g/mol. The highest BCUT2D eigenvalue weighted by molar-refractivity contribution is 7.86. The molecule has 4 rings (SSSR count). The van der Waals surface area contributed by atoms with Crippen molar-refractivity contribution in [3.05, 3.63) is 28.8 Å². The van der Waals surface area contributed by atoms with E-state index in [-0.39, 0.29) is 11.8 Å². The number of carbonyl (C=O) groups is 1. The molecule has 7 nitrogen and oxygen atoms in total. The van der Waals surface area contributed by atoms with Crippen molar-refractivity contribution in [1.82, 2.24) is 18.5 Å².